The Hall–Kier alpha value is -3.55. The monoisotopic (exact) mass is 425 g/mol. The molecule has 0 saturated carbocycles. The molecular formula is C23H27N3O5. The lowest BCUT2D eigenvalue weighted by molar-refractivity contribution is -0.138. The highest BCUT2D eigenvalue weighted by molar-refractivity contribution is 5.81. The predicted molar refractivity (Wildman–Crippen MR) is 115 cm³/mol. The van der Waals surface area contributed by atoms with Crippen LogP contribution in [0.3, 0.4) is 0 Å². The molecule has 0 bridgehead atoms. The van der Waals surface area contributed by atoms with Crippen molar-refractivity contribution < 1.29 is 23.5 Å². The van der Waals surface area contributed by atoms with Gasteiger partial charge in [0.05, 0.1) is 26.3 Å². The Bertz CT molecular complexity index is 1020. The van der Waals surface area contributed by atoms with Gasteiger partial charge in [0.2, 0.25) is 11.7 Å². The second-order valence-corrected chi connectivity index (χ2v) is 7.10. The summed E-state index contributed by atoms with van der Waals surface area (Å²) >= 11 is 0. The number of aromatic nitrogens is 2. The first-order valence-electron chi connectivity index (χ1n) is 9.98. The third-order valence-electron chi connectivity index (χ3n) is 4.81. The fraction of sp³-hybridized carbons (Fsp3) is 0.348. The highest BCUT2D eigenvalue weighted by Gasteiger charge is 2.24. The van der Waals surface area contributed by atoms with Gasteiger partial charge in [-0.05, 0) is 37.6 Å². The van der Waals surface area contributed by atoms with E-state index >= 15 is 0 Å². The first-order valence-corrected chi connectivity index (χ1v) is 9.98. The summed E-state index contributed by atoms with van der Waals surface area (Å²) in [5.74, 6) is 2.41. The van der Waals surface area contributed by atoms with Crippen LogP contribution in [0.5, 0.6) is 17.2 Å². The van der Waals surface area contributed by atoms with E-state index in [1.54, 1.807) is 39.5 Å². The maximum Gasteiger partial charge on any atom is 0.263 e. The second-order valence-electron chi connectivity index (χ2n) is 7.10. The standard InChI is InChI=1S/C23H27N3O5/c1-6-19(30-16-9-7-15(2)8-10-16)23(27)26(3)14-21-24-22(25-31-21)18-12-11-17(28-4)13-20(18)29-5/h7-13,19H,6,14H2,1-5H3/t19-/m1/s1. The number of hydrogen-bond acceptors (Lipinski definition) is 7. The van der Waals surface area contributed by atoms with E-state index in [-0.39, 0.29) is 12.5 Å². The minimum atomic E-state index is -0.600. The maximum atomic E-state index is 12.9. The number of aryl methyl sites for hydroxylation is 1. The van der Waals surface area contributed by atoms with Gasteiger partial charge >= 0.3 is 0 Å². The Morgan fingerprint density at radius 2 is 1.81 bits per heavy atom. The molecule has 3 aromatic rings. The summed E-state index contributed by atoms with van der Waals surface area (Å²) in [7, 11) is 4.83. The van der Waals surface area contributed by atoms with Crippen molar-refractivity contribution in [3.8, 4) is 28.6 Å². The van der Waals surface area contributed by atoms with Gasteiger partial charge in [-0.2, -0.15) is 4.98 Å². The quantitative estimate of drug-likeness (QED) is 0.514. The Morgan fingerprint density at radius 3 is 2.45 bits per heavy atom. The van der Waals surface area contributed by atoms with Crippen molar-refractivity contribution in [1.29, 1.82) is 0 Å². The molecule has 0 N–H and O–H groups in total. The number of carbonyl (C=O) groups is 1. The number of hydrogen-bond donors (Lipinski definition) is 0. The largest absolute Gasteiger partial charge is 0.497 e. The SMILES string of the molecule is CC[C@@H](Oc1ccc(C)cc1)C(=O)N(C)Cc1nc(-c2ccc(OC)cc2OC)no1. The van der Waals surface area contributed by atoms with E-state index in [2.05, 4.69) is 10.1 Å². The lowest BCUT2D eigenvalue weighted by Crippen LogP contribution is -2.39. The molecule has 164 valence electrons. The number of methoxy groups -OCH3 is 2. The Morgan fingerprint density at radius 1 is 1.10 bits per heavy atom. The van der Waals surface area contributed by atoms with Crippen LogP contribution in [0.2, 0.25) is 0 Å². The summed E-state index contributed by atoms with van der Waals surface area (Å²) in [6.07, 6.45) is -0.0633. The van der Waals surface area contributed by atoms with Crippen molar-refractivity contribution >= 4 is 5.91 Å². The van der Waals surface area contributed by atoms with Gasteiger partial charge < -0.3 is 23.6 Å². The summed E-state index contributed by atoms with van der Waals surface area (Å²) in [5, 5.41) is 4.03. The number of amides is 1. The number of nitrogens with zero attached hydrogens (tertiary/aromatic N) is 3. The van der Waals surface area contributed by atoms with Gasteiger partial charge in [-0.3, -0.25) is 4.79 Å². The van der Waals surface area contributed by atoms with Crippen LogP contribution >= 0.6 is 0 Å². The van der Waals surface area contributed by atoms with E-state index in [4.69, 9.17) is 18.7 Å². The zero-order valence-corrected chi connectivity index (χ0v) is 18.4. The Kier molecular flexibility index (Phi) is 7.12. The van der Waals surface area contributed by atoms with Gasteiger partial charge in [0.25, 0.3) is 5.91 Å². The van der Waals surface area contributed by atoms with Crippen LogP contribution in [0.1, 0.15) is 24.8 Å². The van der Waals surface area contributed by atoms with E-state index < -0.39 is 6.10 Å². The second kappa shape index (κ2) is 9.97. The highest BCUT2D eigenvalue weighted by atomic mass is 16.5. The van der Waals surface area contributed by atoms with Crippen LogP contribution in [0.25, 0.3) is 11.4 Å². The number of carbonyl (C=O) groups excluding carboxylic acids is 1. The average Bonchev–Trinajstić information content (AvgIpc) is 3.25. The minimum absolute atomic E-state index is 0.162. The normalized spacial score (nSPS) is 11.6. The van der Waals surface area contributed by atoms with Crippen molar-refractivity contribution in [2.75, 3.05) is 21.3 Å². The van der Waals surface area contributed by atoms with Crippen molar-refractivity contribution in [3.05, 3.63) is 53.9 Å². The molecule has 1 atom stereocenters. The summed E-state index contributed by atoms with van der Waals surface area (Å²) < 4.78 is 21.8. The van der Waals surface area contributed by atoms with Gasteiger partial charge in [0.1, 0.15) is 17.2 Å². The van der Waals surface area contributed by atoms with E-state index in [9.17, 15) is 4.79 Å². The summed E-state index contributed by atoms with van der Waals surface area (Å²) in [6, 6.07) is 12.9. The first kappa shape index (κ1) is 22.1. The van der Waals surface area contributed by atoms with Crippen LogP contribution in [-0.2, 0) is 11.3 Å². The van der Waals surface area contributed by atoms with Crippen molar-refractivity contribution in [1.82, 2.24) is 15.0 Å². The van der Waals surface area contributed by atoms with Crippen molar-refractivity contribution in [2.24, 2.45) is 0 Å². The van der Waals surface area contributed by atoms with Gasteiger partial charge in [-0.15, -0.1) is 0 Å². The average molecular weight is 425 g/mol. The zero-order valence-electron chi connectivity index (χ0n) is 18.4. The molecule has 0 spiro atoms. The Labute approximate surface area is 181 Å². The maximum absolute atomic E-state index is 12.9. The molecule has 0 aliphatic rings. The molecule has 3 rings (SSSR count). The first-order chi connectivity index (χ1) is 14.9. The van der Waals surface area contributed by atoms with Gasteiger partial charge in [0.15, 0.2) is 6.10 Å². The number of rotatable bonds is 9. The van der Waals surface area contributed by atoms with Crippen LogP contribution in [-0.4, -0.2) is 48.3 Å². The Balaban J connectivity index is 1.69. The molecule has 2 aromatic carbocycles. The third kappa shape index (κ3) is 5.33. The van der Waals surface area contributed by atoms with Gasteiger partial charge in [0, 0.05) is 13.1 Å². The lowest BCUT2D eigenvalue weighted by atomic mass is 10.2. The van der Waals surface area contributed by atoms with Gasteiger partial charge in [-0.25, -0.2) is 0 Å². The summed E-state index contributed by atoms with van der Waals surface area (Å²) in [5.41, 5.74) is 1.80. The number of benzene rings is 2. The summed E-state index contributed by atoms with van der Waals surface area (Å²) in [6.45, 7) is 4.07. The van der Waals surface area contributed by atoms with Gasteiger partial charge in [-0.1, -0.05) is 29.8 Å². The lowest BCUT2D eigenvalue weighted by Gasteiger charge is -2.22. The molecule has 0 fully saturated rings. The van der Waals surface area contributed by atoms with Crippen LogP contribution < -0.4 is 14.2 Å². The smallest absolute Gasteiger partial charge is 0.263 e. The van der Waals surface area contributed by atoms with E-state index in [0.29, 0.717) is 40.9 Å². The molecule has 0 unspecified atom stereocenters. The molecule has 0 saturated heterocycles. The van der Waals surface area contributed by atoms with Crippen molar-refractivity contribution in [3.63, 3.8) is 0 Å². The van der Waals surface area contributed by atoms with Crippen LogP contribution in [0.4, 0.5) is 0 Å². The molecular weight excluding hydrogens is 398 g/mol. The van der Waals surface area contributed by atoms with Crippen molar-refractivity contribution in [2.45, 2.75) is 32.9 Å². The van der Waals surface area contributed by atoms with E-state index in [1.165, 1.54) is 4.90 Å². The molecule has 1 heterocycles. The molecule has 0 radical (unpaired) electrons. The molecule has 8 heteroatoms. The van der Waals surface area contributed by atoms with E-state index in [0.717, 1.165) is 5.56 Å². The topological polar surface area (TPSA) is 86.9 Å². The molecule has 1 aromatic heterocycles. The highest BCUT2D eigenvalue weighted by Crippen LogP contribution is 2.31. The fourth-order valence-electron chi connectivity index (χ4n) is 3.03. The third-order valence-corrected chi connectivity index (χ3v) is 4.81. The molecule has 0 aliphatic heterocycles. The number of likely N-dealkylation sites (N-methyl/N-ethyl adjacent to an activating group) is 1. The van der Waals surface area contributed by atoms with Crippen LogP contribution in [0, 0.1) is 6.92 Å². The predicted octanol–water partition coefficient (Wildman–Crippen LogP) is 3.88. The zero-order chi connectivity index (χ0) is 22.4. The summed E-state index contributed by atoms with van der Waals surface area (Å²) in [4.78, 5) is 18.8. The fourth-order valence-corrected chi connectivity index (χ4v) is 3.03. The number of ether oxygens (including phenoxy) is 3. The molecule has 1 amide bonds. The molecule has 8 nitrogen and oxygen atoms in total. The van der Waals surface area contributed by atoms with E-state index in [1.807, 2.05) is 38.1 Å². The molecule has 31 heavy (non-hydrogen) atoms. The minimum Gasteiger partial charge on any atom is -0.497 e. The van der Waals surface area contributed by atoms with Crippen LogP contribution in [0.15, 0.2) is 47.0 Å². The molecule has 0 aliphatic carbocycles.